The maximum atomic E-state index is 12.2. The molecule has 1 aliphatic rings. The molecule has 0 atom stereocenters. The normalized spacial score (nSPS) is 13.1. The van der Waals surface area contributed by atoms with Gasteiger partial charge in [0.25, 0.3) is 0 Å². The highest BCUT2D eigenvalue weighted by atomic mass is 32.1. The number of phenolic OH excluding ortho intramolecular Hbond substituents is 1. The number of carbonyl (C=O) groups excluding carboxylic acids is 2. The van der Waals surface area contributed by atoms with Crippen LogP contribution in [0.15, 0.2) is 24.3 Å². The lowest BCUT2D eigenvalue weighted by atomic mass is 9.88. The summed E-state index contributed by atoms with van der Waals surface area (Å²) in [5.41, 5.74) is 0.136. The zero-order valence-electron chi connectivity index (χ0n) is 9.34. The van der Waals surface area contributed by atoms with Crippen molar-refractivity contribution in [1.29, 1.82) is 0 Å². The van der Waals surface area contributed by atoms with Crippen LogP contribution in [0.2, 0.25) is 0 Å². The molecular weight excluding hydrogens is 268 g/mol. The molecule has 0 aliphatic heterocycles. The Labute approximate surface area is 110 Å². The Morgan fingerprint density at radius 1 is 1.11 bits per heavy atom. The molecule has 94 valence electrons. The molecule has 0 bridgehead atoms. The Morgan fingerprint density at radius 3 is 2.53 bits per heavy atom. The predicted molar refractivity (Wildman–Crippen MR) is 66.3 cm³/mol. The molecule has 19 heavy (non-hydrogen) atoms. The Hall–Kier alpha value is -2.47. The van der Waals surface area contributed by atoms with Crippen LogP contribution >= 0.6 is 11.3 Å². The number of carboxylic acids is 1. The van der Waals surface area contributed by atoms with Crippen molar-refractivity contribution < 1.29 is 24.6 Å². The lowest BCUT2D eigenvalue weighted by Gasteiger charge is -2.14. The number of rotatable bonds is 1. The Kier molecular flexibility index (Phi) is 2.30. The van der Waals surface area contributed by atoms with Crippen LogP contribution in [0.1, 0.15) is 40.8 Å². The lowest BCUT2D eigenvalue weighted by molar-refractivity contribution is 0.0702. The first-order valence-electron chi connectivity index (χ1n) is 5.29. The third kappa shape index (κ3) is 1.50. The van der Waals surface area contributed by atoms with E-state index in [4.69, 9.17) is 5.11 Å². The van der Waals surface area contributed by atoms with Crippen molar-refractivity contribution in [3.8, 4) is 5.75 Å². The number of ketones is 2. The summed E-state index contributed by atoms with van der Waals surface area (Å²) in [7, 11) is 0. The quantitative estimate of drug-likeness (QED) is 0.707. The van der Waals surface area contributed by atoms with E-state index < -0.39 is 17.5 Å². The monoisotopic (exact) mass is 274 g/mol. The number of carbonyl (C=O) groups is 3. The molecule has 0 amide bonds. The first-order chi connectivity index (χ1) is 9.00. The Balaban J connectivity index is 2.30. The topological polar surface area (TPSA) is 91.7 Å². The van der Waals surface area contributed by atoms with Crippen molar-refractivity contribution in [1.82, 2.24) is 0 Å². The highest BCUT2D eigenvalue weighted by Gasteiger charge is 2.34. The van der Waals surface area contributed by atoms with Gasteiger partial charge in [-0.2, -0.15) is 0 Å². The SMILES string of the molecule is O=C(O)c1cc2c(s1)C(=O)c1c(O)cccc1C2=O. The van der Waals surface area contributed by atoms with Gasteiger partial charge in [0.2, 0.25) is 5.78 Å². The second-order valence-electron chi connectivity index (χ2n) is 4.02. The van der Waals surface area contributed by atoms with Crippen LogP contribution in [0.3, 0.4) is 0 Å². The molecule has 3 rings (SSSR count). The summed E-state index contributed by atoms with van der Waals surface area (Å²) in [4.78, 5) is 35.3. The molecule has 1 aromatic carbocycles. The number of phenols is 1. The molecular formula is C13H6O5S. The zero-order chi connectivity index (χ0) is 13.7. The van der Waals surface area contributed by atoms with Crippen LogP contribution in [-0.4, -0.2) is 27.7 Å². The molecule has 2 aromatic rings. The van der Waals surface area contributed by atoms with Crippen LogP contribution in [0.4, 0.5) is 0 Å². The van der Waals surface area contributed by atoms with Gasteiger partial charge in [0.05, 0.1) is 10.4 Å². The van der Waals surface area contributed by atoms with Gasteiger partial charge in [-0.1, -0.05) is 12.1 Å². The summed E-state index contributed by atoms with van der Waals surface area (Å²) in [6, 6.07) is 5.43. The standard InChI is InChI=1S/C13H6O5S/c14-7-3-1-2-5-9(7)11(16)12-6(10(5)15)4-8(19-12)13(17)18/h1-4,14H,(H,17,18). The third-order valence-electron chi connectivity index (χ3n) is 2.91. The fourth-order valence-electron chi connectivity index (χ4n) is 2.06. The molecule has 1 heterocycles. The average molecular weight is 274 g/mol. The number of aromatic hydroxyl groups is 1. The number of hydrogen-bond donors (Lipinski definition) is 2. The molecule has 5 nitrogen and oxygen atoms in total. The smallest absolute Gasteiger partial charge is 0.345 e. The molecule has 6 heteroatoms. The van der Waals surface area contributed by atoms with Crippen LogP contribution in [0.25, 0.3) is 0 Å². The molecule has 1 aromatic heterocycles. The molecule has 0 fully saturated rings. The van der Waals surface area contributed by atoms with E-state index in [0.717, 1.165) is 11.3 Å². The van der Waals surface area contributed by atoms with E-state index in [9.17, 15) is 19.5 Å². The lowest BCUT2D eigenvalue weighted by Crippen LogP contribution is -2.18. The number of hydrogen-bond acceptors (Lipinski definition) is 5. The van der Waals surface area contributed by atoms with E-state index >= 15 is 0 Å². The molecule has 0 radical (unpaired) electrons. The van der Waals surface area contributed by atoms with Gasteiger partial charge in [0.1, 0.15) is 10.6 Å². The summed E-state index contributed by atoms with van der Waals surface area (Å²) in [6.07, 6.45) is 0. The van der Waals surface area contributed by atoms with Gasteiger partial charge < -0.3 is 10.2 Å². The van der Waals surface area contributed by atoms with Crippen LogP contribution in [-0.2, 0) is 0 Å². The van der Waals surface area contributed by atoms with Crippen LogP contribution in [0.5, 0.6) is 5.75 Å². The third-order valence-corrected chi connectivity index (χ3v) is 4.03. The van der Waals surface area contributed by atoms with E-state index in [1.807, 2.05) is 0 Å². The number of carboxylic acid groups (broad SMARTS) is 1. The van der Waals surface area contributed by atoms with Crippen molar-refractivity contribution in [2.75, 3.05) is 0 Å². The molecule has 0 spiro atoms. The van der Waals surface area contributed by atoms with E-state index in [0.29, 0.717) is 0 Å². The number of fused-ring (bicyclic) bond motifs is 2. The van der Waals surface area contributed by atoms with E-state index in [2.05, 4.69) is 0 Å². The highest BCUT2D eigenvalue weighted by Crippen LogP contribution is 2.36. The molecule has 0 saturated carbocycles. The fourth-order valence-corrected chi connectivity index (χ4v) is 3.00. The molecule has 1 aliphatic carbocycles. The van der Waals surface area contributed by atoms with E-state index in [1.165, 1.54) is 24.3 Å². The van der Waals surface area contributed by atoms with Crippen molar-refractivity contribution in [2.24, 2.45) is 0 Å². The summed E-state index contributed by atoms with van der Waals surface area (Å²) in [5, 5.41) is 18.6. The first kappa shape index (κ1) is 11.6. The van der Waals surface area contributed by atoms with Crippen LogP contribution in [0, 0.1) is 0 Å². The second-order valence-corrected chi connectivity index (χ2v) is 5.07. The van der Waals surface area contributed by atoms with Crippen molar-refractivity contribution in [3.05, 3.63) is 50.7 Å². The van der Waals surface area contributed by atoms with E-state index in [1.54, 1.807) is 0 Å². The van der Waals surface area contributed by atoms with Gasteiger partial charge >= 0.3 is 5.97 Å². The van der Waals surface area contributed by atoms with Gasteiger partial charge in [-0.15, -0.1) is 11.3 Å². The maximum absolute atomic E-state index is 12.2. The van der Waals surface area contributed by atoms with Crippen molar-refractivity contribution in [2.45, 2.75) is 0 Å². The van der Waals surface area contributed by atoms with Gasteiger partial charge in [0.15, 0.2) is 5.78 Å². The largest absolute Gasteiger partial charge is 0.507 e. The van der Waals surface area contributed by atoms with Gasteiger partial charge in [-0.3, -0.25) is 9.59 Å². The van der Waals surface area contributed by atoms with Crippen molar-refractivity contribution >= 4 is 28.9 Å². The first-order valence-corrected chi connectivity index (χ1v) is 6.11. The highest BCUT2D eigenvalue weighted by molar-refractivity contribution is 7.16. The Bertz CT molecular complexity index is 756. The minimum absolute atomic E-state index is 0.0567. The zero-order valence-corrected chi connectivity index (χ0v) is 10.2. The summed E-state index contributed by atoms with van der Waals surface area (Å²) in [5.74, 6) is -2.41. The number of benzene rings is 1. The van der Waals surface area contributed by atoms with E-state index in [-0.39, 0.29) is 32.2 Å². The average Bonchev–Trinajstić information content (AvgIpc) is 2.81. The van der Waals surface area contributed by atoms with Crippen molar-refractivity contribution in [3.63, 3.8) is 0 Å². The minimum Gasteiger partial charge on any atom is -0.507 e. The van der Waals surface area contributed by atoms with Gasteiger partial charge in [-0.25, -0.2) is 4.79 Å². The predicted octanol–water partition coefficient (Wildman–Crippen LogP) is 1.93. The Morgan fingerprint density at radius 2 is 1.84 bits per heavy atom. The van der Waals surface area contributed by atoms with Gasteiger partial charge in [-0.05, 0) is 12.1 Å². The molecule has 0 saturated heterocycles. The fraction of sp³-hybridized carbons (Fsp3) is 0. The van der Waals surface area contributed by atoms with Crippen LogP contribution < -0.4 is 0 Å². The number of aromatic carboxylic acids is 1. The summed E-state index contributed by atoms with van der Waals surface area (Å²) < 4.78 is 0. The number of thiophene rings is 1. The molecule has 0 unspecified atom stereocenters. The molecule has 2 N–H and O–H groups in total. The summed E-state index contributed by atoms with van der Waals surface area (Å²) >= 11 is 0.747. The summed E-state index contributed by atoms with van der Waals surface area (Å²) in [6.45, 7) is 0. The minimum atomic E-state index is -1.19. The van der Waals surface area contributed by atoms with Gasteiger partial charge in [0, 0.05) is 11.1 Å². The maximum Gasteiger partial charge on any atom is 0.345 e. The second kappa shape index (κ2) is 3.76.